The zero-order chi connectivity index (χ0) is 20.5. The molecule has 1 fully saturated rings. The van der Waals surface area contributed by atoms with Crippen LogP contribution in [0.25, 0.3) is 6.08 Å². The minimum Gasteiger partial charge on any atom is -0.368 e. The van der Waals surface area contributed by atoms with E-state index in [0.717, 1.165) is 53.9 Å². The van der Waals surface area contributed by atoms with Gasteiger partial charge in [0.25, 0.3) is 5.91 Å². The molecule has 0 N–H and O–H groups in total. The lowest BCUT2D eigenvalue weighted by Gasteiger charge is -2.36. The molecule has 0 saturated carbocycles. The van der Waals surface area contributed by atoms with Crippen molar-refractivity contribution in [2.75, 3.05) is 31.1 Å². The van der Waals surface area contributed by atoms with Gasteiger partial charge in [-0.2, -0.15) is 10.1 Å². The van der Waals surface area contributed by atoms with E-state index in [9.17, 15) is 9.59 Å². The summed E-state index contributed by atoms with van der Waals surface area (Å²) < 4.78 is 1.75. The van der Waals surface area contributed by atoms with Gasteiger partial charge in [-0.1, -0.05) is 0 Å². The molecule has 8 heteroatoms. The predicted molar refractivity (Wildman–Crippen MR) is 116 cm³/mol. The van der Waals surface area contributed by atoms with Gasteiger partial charge in [-0.15, -0.1) is 0 Å². The van der Waals surface area contributed by atoms with E-state index in [4.69, 9.17) is 0 Å². The fourth-order valence-electron chi connectivity index (χ4n) is 3.50. The van der Waals surface area contributed by atoms with Crippen LogP contribution in [-0.2, 0) is 11.8 Å². The Bertz CT molecular complexity index is 1010. The highest BCUT2D eigenvalue weighted by molar-refractivity contribution is 8.18. The van der Waals surface area contributed by atoms with Crippen LogP contribution in [0.2, 0.25) is 0 Å². The van der Waals surface area contributed by atoms with E-state index in [1.165, 1.54) is 11.8 Å². The molecule has 2 aromatic rings. The number of amides is 1. The first-order valence-corrected chi connectivity index (χ1v) is 10.4. The monoisotopic (exact) mass is 409 g/mol. The topological polar surface area (TPSA) is 70.8 Å². The Kier molecular flexibility index (Phi) is 5.27. The molecule has 1 amide bonds. The smallest absolute Gasteiger partial charge is 0.286 e. The number of benzene rings is 1. The van der Waals surface area contributed by atoms with E-state index in [0.29, 0.717) is 4.91 Å². The SMILES string of the molecule is CC(=O)c1ccc(N2CCN(C3=NC(=O)C(=Cc4cn(C)nc4C)S3)CC2)cc1. The molecule has 0 bridgehead atoms. The Labute approximate surface area is 174 Å². The molecular formula is C21H23N5O2S. The summed E-state index contributed by atoms with van der Waals surface area (Å²) in [6, 6.07) is 7.73. The van der Waals surface area contributed by atoms with Crippen molar-refractivity contribution in [2.45, 2.75) is 13.8 Å². The number of rotatable bonds is 3. The average molecular weight is 410 g/mol. The predicted octanol–water partition coefficient (Wildman–Crippen LogP) is 2.72. The number of nitrogens with zero attached hydrogens (tertiary/aromatic N) is 5. The number of ketones is 1. The van der Waals surface area contributed by atoms with E-state index in [2.05, 4.69) is 19.9 Å². The highest BCUT2D eigenvalue weighted by Crippen LogP contribution is 2.31. The van der Waals surface area contributed by atoms with Gasteiger partial charge in [0, 0.05) is 56.2 Å². The first-order chi connectivity index (χ1) is 13.9. The molecule has 150 valence electrons. The Morgan fingerprint density at radius 2 is 1.76 bits per heavy atom. The lowest BCUT2D eigenvalue weighted by molar-refractivity contribution is -0.113. The summed E-state index contributed by atoms with van der Waals surface area (Å²) in [4.78, 5) is 33.2. The molecule has 0 spiro atoms. The fourth-order valence-corrected chi connectivity index (χ4v) is 4.45. The maximum Gasteiger partial charge on any atom is 0.286 e. The van der Waals surface area contributed by atoms with Crippen LogP contribution in [-0.4, -0.2) is 57.7 Å². The second-order valence-electron chi connectivity index (χ2n) is 7.23. The second-order valence-corrected chi connectivity index (χ2v) is 8.24. The number of hydrogen-bond acceptors (Lipinski definition) is 6. The van der Waals surface area contributed by atoms with Crippen LogP contribution < -0.4 is 4.90 Å². The van der Waals surface area contributed by atoms with Crippen LogP contribution >= 0.6 is 11.8 Å². The fraction of sp³-hybridized carbons (Fsp3) is 0.333. The quantitative estimate of drug-likeness (QED) is 0.573. The summed E-state index contributed by atoms with van der Waals surface area (Å²) in [5, 5.41) is 5.09. The third-order valence-electron chi connectivity index (χ3n) is 5.14. The van der Waals surface area contributed by atoms with Gasteiger partial charge < -0.3 is 9.80 Å². The summed E-state index contributed by atoms with van der Waals surface area (Å²) in [5.74, 6) is -0.108. The molecule has 0 radical (unpaired) electrons. The van der Waals surface area contributed by atoms with E-state index >= 15 is 0 Å². The maximum atomic E-state index is 12.4. The van der Waals surface area contributed by atoms with Gasteiger partial charge in [-0.05, 0) is 56.0 Å². The van der Waals surface area contributed by atoms with E-state index < -0.39 is 0 Å². The van der Waals surface area contributed by atoms with Crippen molar-refractivity contribution in [3.8, 4) is 0 Å². The van der Waals surface area contributed by atoms with E-state index in [-0.39, 0.29) is 11.7 Å². The molecule has 1 aromatic heterocycles. The number of carbonyl (C=O) groups is 2. The molecule has 0 aliphatic carbocycles. The van der Waals surface area contributed by atoms with Crippen molar-refractivity contribution >= 4 is 40.4 Å². The number of aryl methyl sites for hydroxylation is 2. The van der Waals surface area contributed by atoms with Crippen LogP contribution in [0.5, 0.6) is 0 Å². The molecule has 2 aliphatic rings. The zero-order valence-electron chi connectivity index (χ0n) is 16.8. The Morgan fingerprint density at radius 3 is 2.34 bits per heavy atom. The molecule has 3 heterocycles. The molecule has 0 unspecified atom stereocenters. The Morgan fingerprint density at radius 1 is 1.10 bits per heavy atom. The van der Waals surface area contributed by atoms with Crippen LogP contribution in [0.3, 0.4) is 0 Å². The molecule has 1 saturated heterocycles. The first-order valence-electron chi connectivity index (χ1n) is 9.54. The maximum absolute atomic E-state index is 12.4. The minimum absolute atomic E-state index is 0.0765. The van der Waals surface area contributed by atoms with Crippen molar-refractivity contribution in [1.29, 1.82) is 0 Å². The molecule has 4 rings (SSSR count). The first kappa shape index (κ1) is 19.4. The van der Waals surface area contributed by atoms with E-state index in [1.807, 2.05) is 50.5 Å². The Balaban J connectivity index is 1.39. The van der Waals surface area contributed by atoms with Gasteiger partial charge in [-0.3, -0.25) is 14.3 Å². The van der Waals surface area contributed by atoms with Crippen LogP contribution in [0.4, 0.5) is 5.69 Å². The molecule has 7 nitrogen and oxygen atoms in total. The Hall–Kier alpha value is -2.87. The van der Waals surface area contributed by atoms with Crippen LogP contribution in [0, 0.1) is 6.92 Å². The average Bonchev–Trinajstić information content (AvgIpc) is 3.23. The van der Waals surface area contributed by atoms with Crippen molar-refractivity contribution < 1.29 is 9.59 Å². The number of carbonyl (C=O) groups excluding carboxylic acids is 2. The zero-order valence-corrected chi connectivity index (χ0v) is 17.6. The van der Waals surface area contributed by atoms with Crippen molar-refractivity contribution in [2.24, 2.45) is 12.0 Å². The number of thioether (sulfide) groups is 1. The summed E-state index contributed by atoms with van der Waals surface area (Å²) in [6.45, 7) is 6.79. The van der Waals surface area contributed by atoms with Crippen molar-refractivity contribution in [3.05, 3.63) is 52.2 Å². The highest BCUT2D eigenvalue weighted by Gasteiger charge is 2.28. The number of piperazine rings is 1. The van der Waals surface area contributed by atoms with Gasteiger partial charge >= 0.3 is 0 Å². The number of aliphatic imine (C=N–C) groups is 1. The normalized spacial score (nSPS) is 18.5. The summed E-state index contributed by atoms with van der Waals surface area (Å²) in [6.07, 6.45) is 3.78. The largest absolute Gasteiger partial charge is 0.368 e. The van der Waals surface area contributed by atoms with Gasteiger partial charge in [-0.25, -0.2) is 0 Å². The van der Waals surface area contributed by atoms with Gasteiger partial charge in [0.15, 0.2) is 11.0 Å². The summed E-state index contributed by atoms with van der Waals surface area (Å²) in [7, 11) is 1.87. The molecule has 29 heavy (non-hydrogen) atoms. The molecule has 0 atom stereocenters. The minimum atomic E-state index is -0.185. The van der Waals surface area contributed by atoms with Gasteiger partial charge in [0.1, 0.15) is 0 Å². The summed E-state index contributed by atoms with van der Waals surface area (Å²) >= 11 is 1.43. The number of aromatic nitrogens is 2. The third kappa shape index (κ3) is 4.12. The van der Waals surface area contributed by atoms with Crippen molar-refractivity contribution in [3.63, 3.8) is 0 Å². The highest BCUT2D eigenvalue weighted by atomic mass is 32.2. The number of amidine groups is 1. The second kappa shape index (κ2) is 7.87. The van der Waals surface area contributed by atoms with Gasteiger partial charge in [0.05, 0.1) is 10.6 Å². The molecule has 1 aromatic carbocycles. The number of Topliss-reactive ketones (excluding diaryl/α,β-unsaturated/α-hetero) is 1. The standard InChI is InChI=1S/C21H23N5O2S/c1-14-17(13-24(3)23-14)12-19-20(28)22-21(29-19)26-10-8-25(9-11-26)18-6-4-16(5-7-18)15(2)27/h4-7,12-13H,8-11H2,1-3H3. The van der Waals surface area contributed by atoms with Gasteiger partial charge in [0.2, 0.25) is 0 Å². The lowest BCUT2D eigenvalue weighted by atomic mass is 10.1. The number of hydrogen-bond donors (Lipinski definition) is 0. The summed E-state index contributed by atoms with van der Waals surface area (Å²) in [5.41, 5.74) is 3.68. The third-order valence-corrected chi connectivity index (χ3v) is 6.18. The molecule has 2 aliphatic heterocycles. The van der Waals surface area contributed by atoms with Crippen molar-refractivity contribution in [1.82, 2.24) is 14.7 Å². The lowest BCUT2D eigenvalue weighted by Crippen LogP contribution is -2.47. The van der Waals surface area contributed by atoms with Crippen LogP contribution in [0.1, 0.15) is 28.5 Å². The van der Waals surface area contributed by atoms with E-state index in [1.54, 1.807) is 11.6 Å². The molecular weight excluding hydrogens is 386 g/mol. The van der Waals surface area contributed by atoms with Crippen LogP contribution in [0.15, 0.2) is 40.4 Å². The number of anilines is 1.